The van der Waals surface area contributed by atoms with Gasteiger partial charge in [0.2, 0.25) is 0 Å². The molecular formula is C18H17N3O2. The van der Waals surface area contributed by atoms with Gasteiger partial charge in [-0.2, -0.15) is 0 Å². The molecule has 116 valence electrons. The summed E-state index contributed by atoms with van der Waals surface area (Å²) in [6, 6.07) is 12.3. The molecule has 0 saturated heterocycles. The molecule has 5 nitrogen and oxygen atoms in total. The number of fused-ring (bicyclic) bond motifs is 2. The lowest BCUT2D eigenvalue weighted by Gasteiger charge is -2.09. The van der Waals surface area contributed by atoms with Crippen LogP contribution in [0.2, 0.25) is 0 Å². The molecule has 0 spiro atoms. The number of nitrogens with zero attached hydrogens (tertiary/aromatic N) is 1. The highest BCUT2D eigenvalue weighted by molar-refractivity contribution is 5.97. The summed E-state index contributed by atoms with van der Waals surface area (Å²) in [5.41, 5.74) is 4.04. The van der Waals surface area contributed by atoms with Gasteiger partial charge in [0.1, 0.15) is 17.0 Å². The zero-order valence-corrected chi connectivity index (χ0v) is 12.8. The Morgan fingerprint density at radius 2 is 2.17 bits per heavy atom. The van der Waals surface area contributed by atoms with Crippen molar-refractivity contribution in [2.75, 3.05) is 25.6 Å². The van der Waals surface area contributed by atoms with E-state index in [0.29, 0.717) is 6.61 Å². The monoisotopic (exact) mass is 307 g/mol. The first-order chi connectivity index (χ1) is 11.3. The summed E-state index contributed by atoms with van der Waals surface area (Å²) in [5, 5.41) is 5.49. The normalized spacial score (nSPS) is 11.3. The SMILES string of the molecule is COCCNc1cc(-c2ccc3occc3c2)c2cc[nH]c2n1. The molecule has 0 aliphatic carbocycles. The van der Waals surface area contributed by atoms with Gasteiger partial charge in [-0.1, -0.05) is 6.07 Å². The van der Waals surface area contributed by atoms with Gasteiger partial charge in [-0.3, -0.25) is 0 Å². The molecule has 3 aromatic heterocycles. The fourth-order valence-corrected chi connectivity index (χ4v) is 2.78. The van der Waals surface area contributed by atoms with E-state index in [1.807, 2.05) is 18.3 Å². The van der Waals surface area contributed by atoms with Gasteiger partial charge in [0, 0.05) is 30.6 Å². The van der Waals surface area contributed by atoms with Crippen LogP contribution in [-0.2, 0) is 4.74 Å². The predicted octanol–water partition coefficient (Wildman–Crippen LogP) is 4.03. The van der Waals surface area contributed by atoms with Crippen LogP contribution in [0.5, 0.6) is 0 Å². The number of furan rings is 1. The first-order valence-corrected chi connectivity index (χ1v) is 7.54. The molecule has 4 aromatic rings. The van der Waals surface area contributed by atoms with Crippen molar-refractivity contribution in [3.63, 3.8) is 0 Å². The minimum Gasteiger partial charge on any atom is -0.464 e. The lowest BCUT2D eigenvalue weighted by atomic mass is 10.0. The first-order valence-electron chi connectivity index (χ1n) is 7.54. The van der Waals surface area contributed by atoms with Crippen molar-refractivity contribution in [1.82, 2.24) is 9.97 Å². The second-order valence-electron chi connectivity index (χ2n) is 5.39. The number of methoxy groups -OCH3 is 1. The van der Waals surface area contributed by atoms with Gasteiger partial charge in [0.15, 0.2) is 0 Å². The molecule has 0 unspecified atom stereocenters. The largest absolute Gasteiger partial charge is 0.464 e. The maximum absolute atomic E-state index is 5.43. The van der Waals surface area contributed by atoms with Crippen molar-refractivity contribution in [2.45, 2.75) is 0 Å². The number of hydrogen-bond donors (Lipinski definition) is 2. The molecule has 0 bridgehead atoms. The van der Waals surface area contributed by atoms with E-state index in [2.05, 4.69) is 39.6 Å². The molecule has 0 aliphatic heterocycles. The zero-order chi connectivity index (χ0) is 15.6. The zero-order valence-electron chi connectivity index (χ0n) is 12.8. The molecular weight excluding hydrogens is 290 g/mol. The Balaban J connectivity index is 1.81. The summed E-state index contributed by atoms with van der Waals surface area (Å²) >= 11 is 0. The molecule has 0 radical (unpaired) electrons. The third-order valence-electron chi connectivity index (χ3n) is 3.90. The maximum Gasteiger partial charge on any atom is 0.140 e. The number of benzene rings is 1. The topological polar surface area (TPSA) is 63.1 Å². The van der Waals surface area contributed by atoms with Crippen molar-refractivity contribution in [3.05, 3.63) is 48.9 Å². The number of ether oxygens (including phenoxy) is 1. The second-order valence-corrected chi connectivity index (χ2v) is 5.39. The molecule has 0 atom stereocenters. The lowest BCUT2D eigenvalue weighted by molar-refractivity contribution is 0.210. The molecule has 4 rings (SSSR count). The summed E-state index contributed by atoms with van der Waals surface area (Å²) in [7, 11) is 1.69. The van der Waals surface area contributed by atoms with Crippen LogP contribution in [0, 0.1) is 0 Å². The highest BCUT2D eigenvalue weighted by Crippen LogP contribution is 2.32. The van der Waals surface area contributed by atoms with Crippen molar-refractivity contribution < 1.29 is 9.15 Å². The number of H-pyrrole nitrogens is 1. The number of pyridine rings is 1. The molecule has 0 saturated carbocycles. The molecule has 2 N–H and O–H groups in total. The van der Waals surface area contributed by atoms with Crippen LogP contribution >= 0.6 is 0 Å². The summed E-state index contributed by atoms with van der Waals surface area (Å²) in [5.74, 6) is 0.833. The number of hydrogen-bond acceptors (Lipinski definition) is 4. The average Bonchev–Trinajstić information content (AvgIpc) is 3.22. The molecule has 3 heterocycles. The minimum atomic E-state index is 0.640. The Morgan fingerprint density at radius 3 is 3.09 bits per heavy atom. The van der Waals surface area contributed by atoms with Gasteiger partial charge in [-0.05, 0) is 41.5 Å². The highest BCUT2D eigenvalue weighted by atomic mass is 16.5. The van der Waals surface area contributed by atoms with E-state index in [-0.39, 0.29) is 0 Å². The average molecular weight is 307 g/mol. The smallest absolute Gasteiger partial charge is 0.140 e. The van der Waals surface area contributed by atoms with Crippen molar-refractivity contribution in [2.24, 2.45) is 0 Å². The van der Waals surface area contributed by atoms with Gasteiger partial charge in [-0.15, -0.1) is 0 Å². The van der Waals surface area contributed by atoms with E-state index >= 15 is 0 Å². The first kappa shape index (κ1) is 13.8. The molecule has 23 heavy (non-hydrogen) atoms. The van der Waals surface area contributed by atoms with Crippen LogP contribution in [0.1, 0.15) is 0 Å². The number of anilines is 1. The van der Waals surface area contributed by atoms with E-state index in [0.717, 1.165) is 45.5 Å². The summed E-state index contributed by atoms with van der Waals surface area (Å²) < 4.78 is 10.5. The predicted molar refractivity (Wildman–Crippen MR) is 91.7 cm³/mol. The Bertz CT molecular complexity index is 955. The minimum absolute atomic E-state index is 0.640. The van der Waals surface area contributed by atoms with E-state index < -0.39 is 0 Å². The van der Waals surface area contributed by atoms with Gasteiger partial charge < -0.3 is 19.5 Å². The van der Waals surface area contributed by atoms with Crippen LogP contribution in [0.3, 0.4) is 0 Å². The molecule has 0 aliphatic rings. The van der Waals surface area contributed by atoms with Crippen molar-refractivity contribution >= 4 is 27.8 Å². The van der Waals surface area contributed by atoms with E-state index in [9.17, 15) is 0 Å². The van der Waals surface area contributed by atoms with Crippen LogP contribution < -0.4 is 5.32 Å². The summed E-state index contributed by atoms with van der Waals surface area (Å²) in [6.45, 7) is 1.36. The third kappa shape index (κ3) is 2.55. The number of rotatable bonds is 5. The Morgan fingerprint density at radius 1 is 1.22 bits per heavy atom. The molecule has 1 aromatic carbocycles. The van der Waals surface area contributed by atoms with E-state index in [4.69, 9.17) is 9.15 Å². The van der Waals surface area contributed by atoms with E-state index in [1.54, 1.807) is 13.4 Å². The van der Waals surface area contributed by atoms with Crippen molar-refractivity contribution in [3.8, 4) is 11.1 Å². The maximum atomic E-state index is 5.43. The van der Waals surface area contributed by atoms with Crippen LogP contribution in [-0.4, -0.2) is 30.2 Å². The number of aromatic nitrogens is 2. The molecule has 0 amide bonds. The standard InChI is InChI=1S/C18H17N3O2/c1-22-9-7-19-17-11-15(14-4-6-20-18(14)21-17)12-2-3-16-13(10-12)5-8-23-16/h2-6,8,10-11H,7,9H2,1H3,(H2,19,20,21). The Labute approximate surface area is 133 Å². The summed E-state index contributed by atoms with van der Waals surface area (Å²) in [6.07, 6.45) is 3.63. The van der Waals surface area contributed by atoms with Crippen LogP contribution in [0.4, 0.5) is 5.82 Å². The summed E-state index contributed by atoms with van der Waals surface area (Å²) in [4.78, 5) is 7.80. The second kappa shape index (κ2) is 5.78. The quantitative estimate of drug-likeness (QED) is 0.546. The van der Waals surface area contributed by atoms with Gasteiger partial charge in [-0.25, -0.2) is 4.98 Å². The van der Waals surface area contributed by atoms with Gasteiger partial charge >= 0.3 is 0 Å². The molecule has 0 fully saturated rings. The van der Waals surface area contributed by atoms with Crippen molar-refractivity contribution in [1.29, 1.82) is 0 Å². The van der Waals surface area contributed by atoms with Crippen LogP contribution in [0.25, 0.3) is 33.1 Å². The number of aromatic amines is 1. The highest BCUT2D eigenvalue weighted by Gasteiger charge is 2.10. The fraction of sp³-hybridized carbons (Fsp3) is 0.167. The fourth-order valence-electron chi connectivity index (χ4n) is 2.78. The molecule has 5 heteroatoms. The Kier molecular flexibility index (Phi) is 3.48. The van der Waals surface area contributed by atoms with Crippen LogP contribution in [0.15, 0.2) is 53.3 Å². The van der Waals surface area contributed by atoms with Gasteiger partial charge in [0.05, 0.1) is 12.9 Å². The third-order valence-corrected chi connectivity index (χ3v) is 3.90. The lowest BCUT2D eigenvalue weighted by Crippen LogP contribution is -2.08. The van der Waals surface area contributed by atoms with Gasteiger partial charge in [0.25, 0.3) is 0 Å². The van der Waals surface area contributed by atoms with E-state index in [1.165, 1.54) is 0 Å². The number of nitrogens with one attached hydrogen (secondary N) is 2. The Hall–Kier alpha value is -2.79.